The van der Waals surface area contributed by atoms with Crippen molar-refractivity contribution in [1.82, 2.24) is 4.57 Å². The van der Waals surface area contributed by atoms with Gasteiger partial charge in [-0.25, -0.2) is 0 Å². The molecule has 0 amide bonds. The first kappa shape index (κ1) is 11.7. The van der Waals surface area contributed by atoms with Crippen LogP contribution in [0.25, 0.3) is 10.9 Å². The SMILES string of the molecule is CC(O)Cc1cc(=O)c2cc(O)ccc2n1C. The van der Waals surface area contributed by atoms with Gasteiger partial charge in [-0.3, -0.25) is 4.79 Å². The zero-order valence-corrected chi connectivity index (χ0v) is 9.84. The minimum atomic E-state index is -0.491. The van der Waals surface area contributed by atoms with Crippen molar-refractivity contribution in [1.29, 1.82) is 0 Å². The van der Waals surface area contributed by atoms with E-state index >= 15 is 0 Å². The molecule has 2 N–H and O–H groups in total. The maximum atomic E-state index is 11.9. The van der Waals surface area contributed by atoms with Crippen molar-refractivity contribution in [3.05, 3.63) is 40.2 Å². The Hall–Kier alpha value is -1.81. The molecule has 0 spiro atoms. The number of aryl methyl sites for hydroxylation is 1. The van der Waals surface area contributed by atoms with Crippen LogP contribution in [0, 0.1) is 0 Å². The van der Waals surface area contributed by atoms with Gasteiger partial charge in [-0.2, -0.15) is 0 Å². The van der Waals surface area contributed by atoms with E-state index in [1.54, 1.807) is 19.1 Å². The molecule has 0 bridgehead atoms. The fourth-order valence-corrected chi connectivity index (χ4v) is 1.99. The molecule has 0 aliphatic carbocycles. The molecule has 0 aliphatic heterocycles. The third kappa shape index (κ3) is 2.17. The Morgan fingerprint density at radius 2 is 2.06 bits per heavy atom. The molecule has 17 heavy (non-hydrogen) atoms. The number of rotatable bonds is 2. The van der Waals surface area contributed by atoms with E-state index in [0.717, 1.165) is 11.2 Å². The largest absolute Gasteiger partial charge is 0.508 e. The monoisotopic (exact) mass is 233 g/mol. The van der Waals surface area contributed by atoms with E-state index in [4.69, 9.17) is 0 Å². The smallest absolute Gasteiger partial charge is 0.189 e. The third-order valence-corrected chi connectivity index (χ3v) is 2.84. The maximum Gasteiger partial charge on any atom is 0.189 e. The number of aromatic nitrogens is 1. The van der Waals surface area contributed by atoms with Crippen LogP contribution in [0.15, 0.2) is 29.1 Å². The van der Waals surface area contributed by atoms with Crippen LogP contribution in [0.3, 0.4) is 0 Å². The van der Waals surface area contributed by atoms with E-state index in [1.165, 1.54) is 12.1 Å². The van der Waals surface area contributed by atoms with Gasteiger partial charge in [-0.05, 0) is 25.1 Å². The molecule has 4 nitrogen and oxygen atoms in total. The van der Waals surface area contributed by atoms with Crippen LogP contribution < -0.4 is 5.43 Å². The minimum absolute atomic E-state index is 0.0814. The Morgan fingerprint density at radius 1 is 1.35 bits per heavy atom. The Labute approximate surface area is 98.8 Å². The summed E-state index contributed by atoms with van der Waals surface area (Å²) in [6.07, 6.45) is -0.0575. The zero-order chi connectivity index (χ0) is 12.6. The molecule has 1 aromatic carbocycles. The average Bonchev–Trinajstić information content (AvgIpc) is 2.25. The van der Waals surface area contributed by atoms with Gasteiger partial charge in [-0.1, -0.05) is 0 Å². The van der Waals surface area contributed by atoms with Crippen molar-refractivity contribution in [2.24, 2.45) is 7.05 Å². The van der Waals surface area contributed by atoms with Crippen molar-refractivity contribution in [2.75, 3.05) is 0 Å². The predicted molar refractivity (Wildman–Crippen MR) is 66.2 cm³/mol. The van der Waals surface area contributed by atoms with Crippen LogP contribution in [0.2, 0.25) is 0 Å². The molecule has 90 valence electrons. The average molecular weight is 233 g/mol. The number of aromatic hydroxyl groups is 1. The van der Waals surface area contributed by atoms with Crippen molar-refractivity contribution in [3.8, 4) is 5.75 Å². The van der Waals surface area contributed by atoms with E-state index in [9.17, 15) is 15.0 Å². The molecule has 4 heteroatoms. The topological polar surface area (TPSA) is 62.5 Å². The summed E-state index contributed by atoms with van der Waals surface area (Å²) in [5, 5.41) is 19.2. The highest BCUT2D eigenvalue weighted by atomic mass is 16.3. The molecule has 0 aliphatic rings. The number of aliphatic hydroxyl groups excluding tert-OH is 1. The van der Waals surface area contributed by atoms with Gasteiger partial charge >= 0.3 is 0 Å². The van der Waals surface area contributed by atoms with Crippen molar-refractivity contribution in [3.63, 3.8) is 0 Å². The Morgan fingerprint density at radius 3 is 2.71 bits per heavy atom. The fourth-order valence-electron chi connectivity index (χ4n) is 1.99. The third-order valence-electron chi connectivity index (χ3n) is 2.84. The van der Waals surface area contributed by atoms with Gasteiger partial charge in [0.05, 0.1) is 11.6 Å². The highest BCUT2D eigenvalue weighted by Crippen LogP contribution is 2.18. The molecule has 1 atom stereocenters. The minimum Gasteiger partial charge on any atom is -0.508 e. The summed E-state index contributed by atoms with van der Waals surface area (Å²) in [6, 6.07) is 6.23. The second kappa shape index (κ2) is 4.22. The first-order valence-electron chi connectivity index (χ1n) is 5.48. The molecule has 1 aromatic heterocycles. The highest BCUT2D eigenvalue weighted by Gasteiger charge is 2.08. The summed E-state index contributed by atoms with van der Waals surface area (Å²) in [7, 11) is 1.84. The molecule has 2 rings (SSSR count). The van der Waals surface area contributed by atoms with Gasteiger partial charge in [0, 0.05) is 30.6 Å². The molecule has 0 radical (unpaired) electrons. The van der Waals surface area contributed by atoms with Gasteiger partial charge in [-0.15, -0.1) is 0 Å². The van der Waals surface area contributed by atoms with E-state index in [2.05, 4.69) is 0 Å². The molecule has 0 fully saturated rings. The van der Waals surface area contributed by atoms with Gasteiger partial charge in [0.25, 0.3) is 0 Å². The number of benzene rings is 1. The summed E-state index contributed by atoms with van der Waals surface area (Å²) in [5.74, 6) is 0.0814. The molecule has 0 saturated heterocycles. The normalized spacial score (nSPS) is 12.9. The number of fused-ring (bicyclic) bond motifs is 1. The first-order valence-corrected chi connectivity index (χ1v) is 5.48. The maximum absolute atomic E-state index is 11.9. The van der Waals surface area contributed by atoms with E-state index in [-0.39, 0.29) is 11.2 Å². The Kier molecular flexibility index (Phi) is 2.90. The Balaban J connectivity index is 2.72. The van der Waals surface area contributed by atoms with Crippen LogP contribution in [0.5, 0.6) is 5.75 Å². The summed E-state index contributed by atoms with van der Waals surface area (Å²) in [6.45, 7) is 1.69. The molecule has 1 unspecified atom stereocenters. The van der Waals surface area contributed by atoms with E-state index in [0.29, 0.717) is 11.8 Å². The molecule has 2 aromatic rings. The van der Waals surface area contributed by atoms with Gasteiger partial charge in [0.1, 0.15) is 5.75 Å². The summed E-state index contributed by atoms with van der Waals surface area (Å²) >= 11 is 0. The van der Waals surface area contributed by atoms with E-state index in [1.807, 2.05) is 11.6 Å². The summed E-state index contributed by atoms with van der Waals surface area (Å²) in [5.41, 5.74) is 1.40. The lowest BCUT2D eigenvalue weighted by atomic mass is 10.1. The second-order valence-corrected chi connectivity index (χ2v) is 4.31. The number of aliphatic hydroxyl groups is 1. The lowest BCUT2D eigenvalue weighted by molar-refractivity contribution is 0.193. The fraction of sp³-hybridized carbons (Fsp3) is 0.308. The molecular weight excluding hydrogens is 218 g/mol. The van der Waals surface area contributed by atoms with Crippen molar-refractivity contribution in [2.45, 2.75) is 19.4 Å². The van der Waals surface area contributed by atoms with Crippen molar-refractivity contribution >= 4 is 10.9 Å². The Bertz CT molecular complexity index is 614. The van der Waals surface area contributed by atoms with E-state index < -0.39 is 6.10 Å². The quantitative estimate of drug-likeness (QED) is 0.818. The first-order chi connectivity index (χ1) is 7.99. The number of hydrogen-bond acceptors (Lipinski definition) is 3. The summed E-state index contributed by atoms with van der Waals surface area (Å²) < 4.78 is 1.86. The van der Waals surface area contributed by atoms with Crippen LogP contribution in [0.4, 0.5) is 0 Å². The highest BCUT2D eigenvalue weighted by molar-refractivity contribution is 5.80. The van der Waals surface area contributed by atoms with Crippen LogP contribution in [0.1, 0.15) is 12.6 Å². The standard InChI is InChI=1S/C13H15NO3/c1-8(15)5-9-6-13(17)11-7-10(16)3-4-12(11)14(9)2/h3-4,6-8,15-16H,5H2,1-2H3. The number of pyridine rings is 1. The summed E-state index contributed by atoms with van der Waals surface area (Å²) in [4.78, 5) is 11.9. The number of hydrogen-bond donors (Lipinski definition) is 2. The van der Waals surface area contributed by atoms with Crippen LogP contribution in [-0.4, -0.2) is 20.9 Å². The number of nitrogens with zero attached hydrogens (tertiary/aromatic N) is 1. The van der Waals surface area contributed by atoms with Crippen molar-refractivity contribution < 1.29 is 10.2 Å². The second-order valence-electron chi connectivity index (χ2n) is 4.31. The zero-order valence-electron chi connectivity index (χ0n) is 9.84. The molecule has 1 heterocycles. The molecular formula is C13H15NO3. The number of phenols is 1. The van der Waals surface area contributed by atoms with Gasteiger partial charge in [0.2, 0.25) is 0 Å². The lowest BCUT2D eigenvalue weighted by Gasteiger charge is -2.13. The van der Waals surface area contributed by atoms with Crippen LogP contribution in [-0.2, 0) is 13.5 Å². The number of phenolic OH excluding ortho intramolecular Hbond substituents is 1. The predicted octanol–water partition coefficient (Wildman–Crippen LogP) is 1.17. The molecule has 0 saturated carbocycles. The lowest BCUT2D eigenvalue weighted by Crippen LogP contribution is -2.16. The van der Waals surface area contributed by atoms with Gasteiger partial charge < -0.3 is 14.8 Å². The van der Waals surface area contributed by atoms with Crippen LogP contribution >= 0.6 is 0 Å². The van der Waals surface area contributed by atoms with Gasteiger partial charge in [0.15, 0.2) is 5.43 Å².